The monoisotopic (exact) mass is 360 g/mol. The van der Waals surface area contributed by atoms with E-state index < -0.39 is 17.8 Å². The average Bonchev–Trinajstić information content (AvgIpc) is 2.46. The molecule has 2 nitrogen and oxygen atoms in total. The van der Waals surface area contributed by atoms with Gasteiger partial charge in [-0.2, -0.15) is 13.2 Å². The molecule has 0 saturated carbocycles. The third-order valence-electron chi connectivity index (χ3n) is 3.04. The first-order valence-corrected chi connectivity index (χ1v) is 6.81. The van der Waals surface area contributed by atoms with Crippen molar-refractivity contribution in [3.05, 3.63) is 63.6 Å². The van der Waals surface area contributed by atoms with Crippen molar-refractivity contribution in [1.82, 2.24) is 0 Å². The molecule has 21 heavy (non-hydrogen) atoms. The zero-order valence-corrected chi connectivity index (χ0v) is 12.6. The number of benzene rings is 2. The van der Waals surface area contributed by atoms with Crippen LogP contribution < -0.4 is 4.74 Å². The van der Waals surface area contributed by atoms with Gasteiger partial charge in [-0.15, -0.1) is 0 Å². The minimum atomic E-state index is -4.48. The fourth-order valence-electron chi connectivity index (χ4n) is 1.91. The number of rotatable bonds is 3. The predicted molar refractivity (Wildman–Crippen MR) is 76.2 cm³/mol. The number of aliphatic hydroxyl groups excluding tert-OH is 1. The summed E-state index contributed by atoms with van der Waals surface area (Å²) in [6, 6.07) is 10.2. The molecule has 112 valence electrons. The van der Waals surface area contributed by atoms with E-state index in [-0.39, 0.29) is 10.0 Å². The van der Waals surface area contributed by atoms with Crippen LogP contribution in [0.5, 0.6) is 5.75 Å². The van der Waals surface area contributed by atoms with E-state index in [0.29, 0.717) is 11.3 Å². The SMILES string of the molecule is COc1ccc(C(O)c2ccc(Br)c(C(F)(F)F)c2)cc1. The van der Waals surface area contributed by atoms with E-state index in [1.807, 2.05) is 0 Å². The molecule has 1 unspecified atom stereocenters. The lowest BCUT2D eigenvalue weighted by Gasteiger charge is -2.15. The van der Waals surface area contributed by atoms with Crippen molar-refractivity contribution in [3.63, 3.8) is 0 Å². The second kappa shape index (κ2) is 6.07. The fraction of sp³-hybridized carbons (Fsp3) is 0.200. The van der Waals surface area contributed by atoms with Crippen LogP contribution in [0.15, 0.2) is 46.9 Å². The normalized spacial score (nSPS) is 13.0. The molecule has 2 aromatic rings. The molecule has 0 fully saturated rings. The minimum absolute atomic E-state index is 0.0549. The predicted octanol–water partition coefficient (Wildman–Crippen LogP) is 4.56. The summed E-state index contributed by atoms with van der Waals surface area (Å²) in [5.41, 5.74) is -0.144. The van der Waals surface area contributed by atoms with Gasteiger partial charge in [-0.1, -0.05) is 34.1 Å². The van der Waals surface area contributed by atoms with Crippen molar-refractivity contribution in [3.8, 4) is 5.75 Å². The number of halogens is 4. The minimum Gasteiger partial charge on any atom is -0.497 e. The maximum absolute atomic E-state index is 12.9. The van der Waals surface area contributed by atoms with Crippen LogP contribution in [0, 0.1) is 0 Å². The Morgan fingerprint density at radius 1 is 1.05 bits per heavy atom. The molecule has 0 saturated heterocycles. The molecule has 2 aromatic carbocycles. The van der Waals surface area contributed by atoms with Crippen LogP contribution in [-0.2, 0) is 6.18 Å². The van der Waals surface area contributed by atoms with E-state index in [1.165, 1.54) is 19.2 Å². The van der Waals surface area contributed by atoms with E-state index in [1.54, 1.807) is 24.3 Å². The number of methoxy groups -OCH3 is 1. The number of hydrogen-bond acceptors (Lipinski definition) is 2. The molecule has 0 bridgehead atoms. The van der Waals surface area contributed by atoms with Crippen LogP contribution >= 0.6 is 15.9 Å². The topological polar surface area (TPSA) is 29.5 Å². The summed E-state index contributed by atoms with van der Waals surface area (Å²) in [6.45, 7) is 0. The highest BCUT2D eigenvalue weighted by Crippen LogP contribution is 2.37. The van der Waals surface area contributed by atoms with E-state index in [4.69, 9.17) is 4.74 Å². The third-order valence-corrected chi connectivity index (χ3v) is 3.73. The van der Waals surface area contributed by atoms with Gasteiger partial charge in [-0.25, -0.2) is 0 Å². The van der Waals surface area contributed by atoms with Gasteiger partial charge in [0.25, 0.3) is 0 Å². The quantitative estimate of drug-likeness (QED) is 0.869. The molecule has 0 aliphatic carbocycles. The fourth-order valence-corrected chi connectivity index (χ4v) is 2.38. The summed E-state index contributed by atoms with van der Waals surface area (Å²) in [5, 5.41) is 10.2. The van der Waals surface area contributed by atoms with Crippen LogP contribution in [0.25, 0.3) is 0 Å². The first kappa shape index (κ1) is 15.9. The standard InChI is InChI=1S/C15H12BrF3O2/c1-21-11-5-2-9(3-6-11)14(20)10-4-7-13(16)12(8-10)15(17,18)19/h2-8,14,20H,1H3. The zero-order chi connectivity index (χ0) is 15.6. The molecule has 0 spiro atoms. The Kier molecular flexibility index (Phi) is 4.58. The molecule has 0 amide bonds. The summed E-state index contributed by atoms with van der Waals surface area (Å²) in [5.74, 6) is 0.609. The number of ether oxygens (including phenoxy) is 1. The Morgan fingerprint density at radius 3 is 2.14 bits per heavy atom. The van der Waals surface area contributed by atoms with Gasteiger partial charge in [-0.3, -0.25) is 0 Å². The van der Waals surface area contributed by atoms with Gasteiger partial charge in [0.05, 0.1) is 12.7 Å². The molecule has 0 heterocycles. The summed E-state index contributed by atoms with van der Waals surface area (Å²) in [6.07, 6.45) is -5.61. The van der Waals surface area contributed by atoms with Crippen LogP contribution in [-0.4, -0.2) is 12.2 Å². The number of aliphatic hydroxyl groups is 1. The molecule has 0 radical (unpaired) electrons. The molecule has 1 N–H and O–H groups in total. The molecule has 0 aliphatic rings. The van der Waals surface area contributed by atoms with Gasteiger partial charge < -0.3 is 9.84 Å². The first-order valence-electron chi connectivity index (χ1n) is 6.01. The second-order valence-corrected chi connectivity index (χ2v) is 5.27. The average molecular weight is 361 g/mol. The second-order valence-electron chi connectivity index (χ2n) is 4.41. The van der Waals surface area contributed by atoms with E-state index in [2.05, 4.69) is 15.9 Å². The smallest absolute Gasteiger partial charge is 0.417 e. The highest BCUT2D eigenvalue weighted by atomic mass is 79.9. The van der Waals surface area contributed by atoms with Gasteiger partial charge in [0.1, 0.15) is 11.9 Å². The van der Waals surface area contributed by atoms with Crippen molar-refractivity contribution in [2.24, 2.45) is 0 Å². The zero-order valence-electron chi connectivity index (χ0n) is 11.0. The van der Waals surface area contributed by atoms with Crippen LogP contribution in [0.4, 0.5) is 13.2 Å². The lowest BCUT2D eigenvalue weighted by atomic mass is 9.99. The molecular formula is C15H12BrF3O2. The van der Waals surface area contributed by atoms with E-state index in [9.17, 15) is 18.3 Å². The van der Waals surface area contributed by atoms with Gasteiger partial charge >= 0.3 is 6.18 Å². The highest BCUT2D eigenvalue weighted by Gasteiger charge is 2.33. The van der Waals surface area contributed by atoms with Crippen molar-refractivity contribution < 1.29 is 23.0 Å². The molecule has 2 rings (SSSR count). The van der Waals surface area contributed by atoms with Crippen molar-refractivity contribution in [2.45, 2.75) is 12.3 Å². The van der Waals surface area contributed by atoms with E-state index in [0.717, 1.165) is 6.07 Å². The van der Waals surface area contributed by atoms with Crippen molar-refractivity contribution in [2.75, 3.05) is 7.11 Å². The lowest BCUT2D eigenvalue weighted by molar-refractivity contribution is -0.138. The maximum atomic E-state index is 12.9. The maximum Gasteiger partial charge on any atom is 0.417 e. The first-order chi connectivity index (χ1) is 9.82. The summed E-state index contributed by atoms with van der Waals surface area (Å²) in [4.78, 5) is 0. The van der Waals surface area contributed by atoms with Crippen LogP contribution in [0.1, 0.15) is 22.8 Å². The lowest BCUT2D eigenvalue weighted by Crippen LogP contribution is -2.08. The van der Waals surface area contributed by atoms with Gasteiger partial charge in [0, 0.05) is 4.47 Å². The molecular weight excluding hydrogens is 349 g/mol. The third kappa shape index (κ3) is 3.57. The number of alkyl halides is 3. The van der Waals surface area contributed by atoms with Crippen LogP contribution in [0.3, 0.4) is 0 Å². The summed E-state index contributed by atoms with van der Waals surface area (Å²) >= 11 is 2.87. The van der Waals surface area contributed by atoms with Gasteiger partial charge in [-0.05, 0) is 35.4 Å². The Bertz CT molecular complexity index is 624. The Labute approximate surface area is 128 Å². The molecule has 1 atom stereocenters. The largest absolute Gasteiger partial charge is 0.497 e. The van der Waals surface area contributed by atoms with Crippen LogP contribution in [0.2, 0.25) is 0 Å². The van der Waals surface area contributed by atoms with E-state index >= 15 is 0 Å². The molecule has 0 aromatic heterocycles. The summed E-state index contributed by atoms with van der Waals surface area (Å²) in [7, 11) is 1.51. The highest BCUT2D eigenvalue weighted by molar-refractivity contribution is 9.10. The Morgan fingerprint density at radius 2 is 1.62 bits per heavy atom. The molecule has 0 aliphatic heterocycles. The van der Waals surface area contributed by atoms with Gasteiger partial charge in [0.15, 0.2) is 0 Å². The number of hydrogen-bond donors (Lipinski definition) is 1. The Hall–Kier alpha value is -1.53. The summed E-state index contributed by atoms with van der Waals surface area (Å²) < 4.78 is 43.5. The van der Waals surface area contributed by atoms with Crippen molar-refractivity contribution >= 4 is 15.9 Å². The van der Waals surface area contributed by atoms with Gasteiger partial charge in [0.2, 0.25) is 0 Å². The molecule has 6 heteroatoms. The Balaban J connectivity index is 2.36. The van der Waals surface area contributed by atoms with Crippen molar-refractivity contribution in [1.29, 1.82) is 0 Å².